The highest BCUT2D eigenvalue weighted by atomic mass is 19.3. The van der Waals surface area contributed by atoms with E-state index in [2.05, 4.69) is 35.5 Å². The molecule has 0 radical (unpaired) electrons. The smallest absolute Gasteiger partial charge is 0.264 e. The summed E-state index contributed by atoms with van der Waals surface area (Å²) in [6, 6.07) is 9.64. The Bertz CT molecular complexity index is 1180. The summed E-state index contributed by atoms with van der Waals surface area (Å²) in [6.07, 6.45) is 1.81. The van der Waals surface area contributed by atoms with Gasteiger partial charge in [0.1, 0.15) is 5.75 Å². The summed E-state index contributed by atoms with van der Waals surface area (Å²) in [5.74, 6) is -0.0599. The van der Waals surface area contributed by atoms with Gasteiger partial charge in [-0.15, -0.1) is 10.2 Å². The zero-order valence-corrected chi connectivity index (χ0v) is 21.7. The van der Waals surface area contributed by atoms with Crippen LogP contribution in [-0.4, -0.2) is 103 Å². The first-order valence-electron chi connectivity index (χ1n) is 14.1. The molecule has 7 rings (SSSR count). The second kappa shape index (κ2) is 9.57. The minimum absolute atomic E-state index is 0.171. The lowest BCUT2D eigenvalue weighted by Gasteiger charge is -2.49. The summed E-state index contributed by atoms with van der Waals surface area (Å²) in [7, 11) is 0. The van der Waals surface area contributed by atoms with Crippen LogP contribution in [0.25, 0.3) is 11.3 Å². The number of piperazine rings is 1. The van der Waals surface area contributed by atoms with Crippen molar-refractivity contribution in [2.24, 2.45) is 23.7 Å². The lowest BCUT2D eigenvalue weighted by Crippen LogP contribution is -2.59. The zero-order valence-electron chi connectivity index (χ0n) is 21.7. The van der Waals surface area contributed by atoms with E-state index in [1.807, 2.05) is 24.3 Å². The molecule has 8 nitrogen and oxygen atoms in total. The van der Waals surface area contributed by atoms with Crippen molar-refractivity contribution in [1.29, 1.82) is 0 Å². The van der Waals surface area contributed by atoms with Gasteiger partial charge in [-0.3, -0.25) is 4.90 Å². The number of hydrogen-bond donors (Lipinski definition) is 3. The maximum absolute atomic E-state index is 14.3. The molecule has 4 fully saturated rings. The number of rotatable bonds is 5. The maximum Gasteiger partial charge on any atom is 0.264 e. The van der Waals surface area contributed by atoms with Crippen molar-refractivity contribution < 1.29 is 13.9 Å². The number of phenols is 1. The Morgan fingerprint density at radius 3 is 2.82 bits per heavy atom. The van der Waals surface area contributed by atoms with Crippen molar-refractivity contribution in [2.75, 3.05) is 75.7 Å². The number of nitrogens with zero attached hydrogens (tertiary/aromatic N) is 5. The number of alkyl halides is 2. The highest BCUT2D eigenvalue weighted by Gasteiger charge is 2.50. The Morgan fingerprint density at radius 2 is 1.95 bits per heavy atom. The Balaban J connectivity index is 0.961. The number of phenolic OH excluding ortho intramolecular Hbond substituents is 1. The van der Waals surface area contributed by atoms with E-state index in [1.54, 1.807) is 6.07 Å². The van der Waals surface area contributed by atoms with Crippen LogP contribution in [0.15, 0.2) is 30.3 Å². The average molecular weight is 526 g/mol. The third-order valence-corrected chi connectivity index (χ3v) is 9.71. The molecule has 1 aliphatic carbocycles. The number of fused-ring (bicyclic) bond motifs is 4. The Hall–Kier alpha value is -2.56. The summed E-state index contributed by atoms with van der Waals surface area (Å²) in [5, 5.41) is 25.4. The molecule has 1 saturated carbocycles. The van der Waals surface area contributed by atoms with Crippen LogP contribution < -0.4 is 15.5 Å². The van der Waals surface area contributed by atoms with Crippen molar-refractivity contribution in [3.8, 4) is 17.0 Å². The third kappa shape index (κ3) is 4.40. The lowest BCUT2D eigenvalue weighted by molar-refractivity contribution is -0.0816. The quantitative estimate of drug-likeness (QED) is 0.550. The van der Waals surface area contributed by atoms with Crippen molar-refractivity contribution in [2.45, 2.75) is 24.8 Å². The average Bonchev–Trinajstić information content (AvgIpc) is 3.23. The lowest BCUT2D eigenvalue weighted by atomic mass is 9.66. The summed E-state index contributed by atoms with van der Waals surface area (Å²) >= 11 is 0. The predicted molar refractivity (Wildman–Crippen MR) is 143 cm³/mol. The molecule has 5 aliphatic rings. The topological polar surface area (TPSA) is 79.8 Å². The molecular formula is C28H37F2N7O. The SMILES string of the molecule is Oc1ccccc1-c1cc2c(nn1)NC[C@H]1CN(CC3CC4CN(CC5CCNCC5(F)F)CC43)CCN21. The van der Waals surface area contributed by atoms with E-state index in [0.29, 0.717) is 54.6 Å². The monoisotopic (exact) mass is 525 g/mol. The number of benzene rings is 1. The summed E-state index contributed by atoms with van der Waals surface area (Å²) < 4.78 is 28.7. The van der Waals surface area contributed by atoms with E-state index in [1.165, 1.54) is 6.42 Å². The molecule has 3 N–H and O–H groups in total. The molecule has 4 unspecified atom stereocenters. The van der Waals surface area contributed by atoms with E-state index >= 15 is 0 Å². The molecule has 5 heterocycles. The highest BCUT2D eigenvalue weighted by molar-refractivity contribution is 5.76. The van der Waals surface area contributed by atoms with Crippen molar-refractivity contribution >= 4 is 11.5 Å². The van der Waals surface area contributed by atoms with E-state index in [-0.39, 0.29) is 12.3 Å². The normalized spacial score (nSPS) is 32.6. The van der Waals surface area contributed by atoms with Crippen molar-refractivity contribution in [1.82, 2.24) is 25.3 Å². The molecule has 0 bridgehead atoms. The molecule has 4 aliphatic heterocycles. The number of nitrogens with one attached hydrogen (secondary N) is 2. The molecular weight excluding hydrogens is 488 g/mol. The van der Waals surface area contributed by atoms with Crippen LogP contribution in [0.2, 0.25) is 0 Å². The van der Waals surface area contributed by atoms with Crippen LogP contribution in [0.3, 0.4) is 0 Å². The standard InChI is InChI=1S/C28H37F2N7O/c29-28(30)17-31-6-5-20(28)14-36-13-19-9-18(23(19)16-36)12-35-7-8-37-21(15-35)11-32-27-25(37)10-24(33-34-27)22-3-1-2-4-26(22)38/h1-4,10,18-21,23,31,38H,5-9,11-17H2,(H,32,34)/t18?,19?,20?,21-,23?/m0/s1. The summed E-state index contributed by atoms with van der Waals surface area (Å²) in [5.41, 5.74) is 2.43. The number of anilines is 2. The number of likely N-dealkylation sites (tertiary alicyclic amines) is 1. The number of halogens is 2. The molecule has 0 spiro atoms. The van der Waals surface area contributed by atoms with Crippen molar-refractivity contribution in [3.63, 3.8) is 0 Å². The molecule has 1 aromatic carbocycles. The molecule has 0 amide bonds. The van der Waals surface area contributed by atoms with Crippen LogP contribution in [0.5, 0.6) is 5.75 Å². The first-order chi connectivity index (χ1) is 18.4. The fraction of sp³-hybridized carbons (Fsp3) is 0.643. The summed E-state index contributed by atoms with van der Waals surface area (Å²) in [4.78, 5) is 7.39. The van der Waals surface area contributed by atoms with E-state index < -0.39 is 11.8 Å². The Labute approximate surface area is 222 Å². The van der Waals surface area contributed by atoms with Gasteiger partial charge in [0, 0.05) is 63.8 Å². The van der Waals surface area contributed by atoms with E-state index in [4.69, 9.17) is 0 Å². The van der Waals surface area contributed by atoms with E-state index in [0.717, 1.165) is 57.3 Å². The maximum atomic E-state index is 14.3. The highest BCUT2D eigenvalue weighted by Crippen LogP contribution is 2.47. The molecule has 5 atom stereocenters. The minimum atomic E-state index is -2.58. The molecule has 10 heteroatoms. The number of piperidine rings is 1. The second-order valence-corrected chi connectivity index (χ2v) is 12.0. The fourth-order valence-corrected chi connectivity index (χ4v) is 7.59. The zero-order chi connectivity index (χ0) is 25.9. The van der Waals surface area contributed by atoms with Gasteiger partial charge in [0.2, 0.25) is 0 Å². The van der Waals surface area contributed by atoms with Gasteiger partial charge in [0.25, 0.3) is 5.92 Å². The largest absolute Gasteiger partial charge is 0.507 e. The first kappa shape index (κ1) is 24.5. The minimum Gasteiger partial charge on any atom is -0.507 e. The number of hydrogen-bond acceptors (Lipinski definition) is 8. The number of para-hydroxylation sites is 1. The van der Waals surface area contributed by atoms with Crippen LogP contribution in [0, 0.1) is 23.7 Å². The fourth-order valence-electron chi connectivity index (χ4n) is 7.59. The molecule has 3 saturated heterocycles. The van der Waals surface area contributed by atoms with Gasteiger partial charge in [0.05, 0.1) is 24.0 Å². The first-order valence-corrected chi connectivity index (χ1v) is 14.1. The van der Waals surface area contributed by atoms with Crippen LogP contribution in [0.4, 0.5) is 20.3 Å². The molecule has 204 valence electrons. The van der Waals surface area contributed by atoms with Gasteiger partial charge in [-0.1, -0.05) is 12.1 Å². The molecule has 2 aromatic rings. The molecule has 38 heavy (non-hydrogen) atoms. The summed E-state index contributed by atoms with van der Waals surface area (Å²) in [6.45, 7) is 7.95. The third-order valence-electron chi connectivity index (χ3n) is 9.71. The van der Waals surface area contributed by atoms with E-state index in [9.17, 15) is 13.9 Å². The van der Waals surface area contributed by atoms with Gasteiger partial charge in [-0.25, -0.2) is 8.78 Å². The van der Waals surface area contributed by atoms with Gasteiger partial charge in [-0.2, -0.15) is 0 Å². The van der Waals surface area contributed by atoms with Gasteiger partial charge in [-0.05, 0) is 55.3 Å². The number of aromatic nitrogens is 2. The van der Waals surface area contributed by atoms with Gasteiger partial charge < -0.3 is 25.5 Å². The predicted octanol–water partition coefficient (Wildman–Crippen LogP) is 2.58. The van der Waals surface area contributed by atoms with Crippen LogP contribution in [0.1, 0.15) is 12.8 Å². The second-order valence-electron chi connectivity index (χ2n) is 12.0. The van der Waals surface area contributed by atoms with Crippen molar-refractivity contribution in [3.05, 3.63) is 30.3 Å². The Morgan fingerprint density at radius 1 is 1.05 bits per heavy atom. The Kier molecular flexibility index (Phi) is 6.16. The van der Waals surface area contributed by atoms with Gasteiger partial charge in [0.15, 0.2) is 5.82 Å². The van der Waals surface area contributed by atoms with Gasteiger partial charge >= 0.3 is 0 Å². The molecule has 1 aromatic heterocycles. The van der Waals surface area contributed by atoms with Crippen LogP contribution >= 0.6 is 0 Å². The van der Waals surface area contributed by atoms with Crippen LogP contribution in [-0.2, 0) is 0 Å². The number of aromatic hydroxyl groups is 1.